The summed E-state index contributed by atoms with van der Waals surface area (Å²) in [6, 6.07) is 0. The van der Waals surface area contributed by atoms with E-state index in [9.17, 15) is 0 Å². The molecule has 0 fully saturated rings. The summed E-state index contributed by atoms with van der Waals surface area (Å²) < 4.78 is 0. The second-order valence-electron chi connectivity index (χ2n) is 8.99. The molecule has 26 heavy (non-hydrogen) atoms. The molecule has 0 aromatic carbocycles. The van der Waals surface area contributed by atoms with Crippen molar-refractivity contribution in [1.82, 2.24) is 0 Å². The van der Waals surface area contributed by atoms with Crippen molar-refractivity contribution in [2.75, 3.05) is 0 Å². The van der Waals surface area contributed by atoms with E-state index in [2.05, 4.69) is 55.4 Å². The van der Waals surface area contributed by atoms with Crippen LogP contribution in [0.3, 0.4) is 0 Å². The number of hydrogen-bond acceptors (Lipinski definition) is 0. The highest BCUT2D eigenvalue weighted by Crippen LogP contribution is 2.62. The molecule has 0 saturated carbocycles. The zero-order valence-corrected chi connectivity index (χ0v) is 20.1. The van der Waals surface area contributed by atoms with Gasteiger partial charge in [-0.05, 0) is 48.3 Å². The van der Waals surface area contributed by atoms with Crippen molar-refractivity contribution in [2.24, 2.45) is 22.7 Å². The molecular formula is C26H54. The molecule has 0 heterocycles. The van der Waals surface area contributed by atoms with E-state index in [4.69, 9.17) is 0 Å². The standard InChI is InChI=1S/C26H54/c1-9-17-19-22-25(15-7,23(12-4)13-5)26(16-8,21-18-10-2)24(14-6)20-11-3/h23-24H,9-22H2,1-8H3. The Morgan fingerprint density at radius 2 is 0.962 bits per heavy atom. The van der Waals surface area contributed by atoms with Crippen molar-refractivity contribution >= 4 is 0 Å². The van der Waals surface area contributed by atoms with Gasteiger partial charge in [0, 0.05) is 0 Å². The molecule has 0 rings (SSSR count). The van der Waals surface area contributed by atoms with Crippen LogP contribution in [0.2, 0.25) is 0 Å². The maximum absolute atomic E-state index is 2.54. The van der Waals surface area contributed by atoms with Gasteiger partial charge in [-0.25, -0.2) is 0 Å². The quantitative estimate of drug-likeness (QED) is 0.225. The molecule has 0 amide bonds. The molecule has 0 aliphatic rings. The summed E-state index contributed by atoms with van der Waals surface area (Å²) in [4.78, 5) is 0. The number of hydrogen-bond donors (Lipinski definition) is 0. The van der Waals surface area contributed by atoms with E-state index in [1.165, 1.54) is 89.9 Å². The van der Waals surface area contributed by atoms with E-state index in [0.717, 1.165) is 11.8 Å². The number of unbranched alkanes of at least 4 members (excludes halogenated alkanes) is 3. The van der Waals surface area contributed by atoms with Crippen LogP contribution in [0, 0.1) is 22.7 Å². The minimum atomic E-state index is 0.547. The third kappa shape index (κ3) is 5.75. The van der Waals surface area contributed by atoms with Crippen LogP contribution >= 0.6 is 0 Å². The molecular weight excluding hydrogens is 312 g/mol. The molecule has 0 aliphatic heterocycles. The minimum Gasteiger partial charge on any atom is -0.0654 e. The van der Waals surface area contributed by atoms with Crippen LogP contribution in [0.4, 0.5) is 0 Å². The average molecular weight is 367 g/mol. The lowest BCUT2D eigenvalue weighted by Gasteiger charge is -2.59. The molecule has 0 aromatic rings. The SMILES string of the molecule is CCCCCC(CC)(C(CC)CC)C(CC)(CCCC)C(CC)CCC. The molecule has 0 saturated heterocycles. The maximum Gasteiger partial charge on any atom is -0.0213 e. The molecule has 3 atom stereocenters. The Balaban J connectivity index is 6.31. The van der Waals surface area contributed by atoms with Crippen molar-refractivity contribution < 1.29 is 0 Å². The monoisotopic (exact) mass is 366 g/mol. The van der Waals surface area contributed by atoms with Gasteiger partial charge in [0.15, 0.2) is 0 Å². The van der Waals surface area contributed by atoms with E-state index < -0.39 is 0 Å². The van der Waals surface area contributed by atoms with Crippen molar-refractivity contribution in [3.63, 3.8) is 0 Å². The van der Waals surface area contributed by atoms with Gasteiger partial charge in [-0.15, -0.1) is 0 Å². The fourth-order valence-electron chi connectivity index (χ4n) is 6.83. The van der Waals surface area contributed by atoms with Crippen LogP contribution in [0.25, 0.3) is 0 Å². The third-order valence-corrected chi connectivity index (χ3v) is 8.13. The molecule has 0 radical (unpaired) electrons. The average Bonchev–Trinajstić information content (AvgIpc) is 2.67. The highest BCUT2D eigenvalue weighted by molar-refractivity contribution is 5.03. The Morgan fingerprint density at radius 3 is 1.35 bits per heavy atom. The lowest BCUT2D eigenvalue weighted by atomic mass is 9.46. The first-order chi connectivity index (χ1) is 12.5. The predicted molar refractivity (Wildman–Crippen MR) is 122 cm³/mol. The molecule has 0 aromatic heterocycles. The topological polar surface area (TPSA) is 0 Å². The zero-order chi connectivity index (χ0) is 20.1. The molecule has 0 bridgehead atoms. The fraction of sp³-hybridized carbons (Fsp3) is 1.00. The summed E-state index contributed by atoms with van der Waals surface area (Å²) in [5.74, 6) is 1.80. The van der Waals surface area contributed by atoms with Gasteiger partial charge in [-0.2, -0.15) is 0 Å². The molecule has 0 N–H and O–H groups in total. The summed E-state index contributed by atoms with van der Waals surface area (Å²) in [6.45, 7) is 19.7. The van der Waals surface area contributed by atoms with Gasteiger partial charge < -0.3 is 0 Å². The number of rotatable bonds is 17. The van der Waals surface area contributed by atoms with E-state index in [-0.39, 0.29) is 0 Å². The van der Waals surface area contributed by atoms with E-state index >= 15 is 0 Å². The molecule has 3 unspecified atom stereocenters. The Morgan fingerprint density at radius 1 is 0.500 bits per heavy atom. The highest BCUT2D eigenvalue weighted by Gasteiger charge is 2.53. The third-order valence-electron chi connectivity index (χ3n) is 8.13. The van der Waals surface area contributed by atoms with Crippen LogP contribution < -0.4 is 0 Å². The van der Waals surface area contributed by atoms with E-state index in [0.29, 0.717) is 10.8 Å². The Hall–Kier alpha value is 0. The van der Waals surface area contributed by atoms with Crippen LogP contribution in [0.15, 0.2) is 0 Å². The molecule has 0 aliphatic carbocycles. The largest absolute Gasteiger partial charge is 0.0654 e. The van der Waals surface area contributed by atoms with Crippen LogP contribution in [-0.4, -0.2) is 0 Å². The smallest absolute Gasteiger partial charge is 0.0213 e. The lowest BCUT2D eigenvalue weighted by molar-refractivity contribution is -0.0990. The molecule has 0 heteroatoms. The van der Waals surface area contributed by atoms with Gasteiger partial charge in [-0.3, -0.25) is 0 Å². The Kier molecular flexibility index (Phi) is 14.1. The predicted octanol–water partition coefficient (Wildman–Crippen LogP) is 9.81. The summed E-state index contributed by atoms with van der Waals surface area (Å²) in [7, 11) is 0. The first-order valence-corrected chi connectivity index (χ1v) is 12.5. The van der Waals surface area contributed by atoms with Gasteiger partial charge in [0.05, 0.1) is 0 Å². The molecule has 0 nitrogen and oxygen atoms in total. The molecule has 158 valence electrons. The molecule has 0 spiro atoms. The normalized spacial score (nSPS) is 17.9. The van der Waals surface area contributed by atoms with Gasteiger partial charge in [-0.1, -0.05) is 120 Å². The van der Waals surface area contributed by atoms with Gasteiger partial charge >= 0.3 is 0 Å². The highest BCUT2D eigenvalue weighted by atomic mass is 14.6. The van der Waals surface area contributed by atoms with E-state index in [1.54, 1.807) is 0 Å². The summed E-state index contributed by atoms with van der Waals surface area (Å²) in [6.07, 6.45) is 19.6. The van der Waals surface area contributed by atoms with Gasteiger partial charge in [0.2, 0.25) is 0 Å². The van der Waals surface area contributed by atoms with Crippen molar-refractivity contribution in [3.05, 3.63) is 0 Å². The minimum absolute atomic E-state index is 0.547. The Labute approximate surface area is 168 Å². The van der Waals surface area contributed by atoms with Crippen LogP contribution in [-0.2, 0) is 0 Å². The first-order valence-electron chi connectivity index (χ1n) is 12.5. The van der Waals surface area contributed by atoms with Gasteiger partial charge in [0.25, 0.3) is 0 Å². The van der Waals surface area contributed by atoms with Crippen LogP contribution in [0.1, 0.15) is 145 Å². The van der Waals surface area contributed by atoms with Crippen molar-refractivity contribution in [2.45, 2.75) is 145 Å². The van der Waals surface area contributed by atoms with Crippen molar-refractivity contribution in [3.8, 4) is 0 Å². The summed E-state index contributed by atoms with van der Waals surface area (Å²) in [5, 5.41) is 0. The van der Waals surface area contributed by atoms with Gasteiger partial charge in [0.1, 0.15) is 0 Å². The zero-order valence-electron chi connectivity index (χ0n) is 20.1. The van der Waals surface area contributed by atoms with E-state index in [1.807, 2.05) is 0 Å². The first kappa shape index (κ1) is 26.0. The second kappa shape index (κ2) is 14.1. The van der Waals surface area contributed by atoms with Crippen molar-refractivity contribution in [1.29, 1.82) is 0 Å². The second-order valence-corrected chi connectivity index (χ2v) is 8.99. The Bertz CT molecular complexity index is 316. The summed E-state index contributed by atoms with van der Waals surface area (Å²) in [5.41, 5.74) is 1.10. The fourth-order valence-corrected chi connectivity index (χ4v) is 6.83. The lowest BCUT2D eigenvalue weighted by Crippen LogP contribution is -2.51. The summed E-state index contributed by atoms with van der Waals surface area (Å²) >= 11 is 0. The van der Waals surface area contributed by atoms with Crippen LogP contribution in [0.5, 0.6) is 0 Å². The maximum atomic E-state index is 2.54.